The van der Waals surface area contributed by atoms with Gasteiger partial charge in [0.05, 0.1) is 17.2 Å². The molecule has 3 aromatic rings. The number of carbonyl (C=O) groups excluding carboxylic acids is 3. The van der Waals surface area contributed by atoms with Crippen LogP contribution in [0.25, 0.3) is 10.1 Å². The monoisotopic (exact) mass is 407 g/mol. The van der Waals surface area contributed by atoms with Crippen molar-refractivity contribution in [1.82, 2.24) is 0 Å². The van der Waals surface area contributed by atoms with Crippen LogP contribution in [-0.2, 0) is 9.53 Å². The van der Waals surface area contributed by atoms with Gasteiger partial charge in [0.25, 0.3) is 5.91 Å². The van der Waals surface area contributed by atoms with E-state index in [-0.39, 0.29) is 24.5 Å². The molecule has 1 amide bonds. The first-order chi connectivity index (χ1) is 12.5. The molecule has 0 saturated carbocycles. The Morgan fingerprint density at radius 3 is 2.69 bits per heavy atom. The van der Waals surface area contributed by atoms with Gasteiger partial charge in [0, 0.05) is 10.1 Å². The first-order valence-corrected chi connectivity index (χ1v) is 9.83. The number of halogens is 1. The van der Waals surface area contributed by atoms with Crippen LogP contribution in [0.2, 0.25) is 5.02 Å². The Bertz CT molecular complexity index is 992. The third-order valence-corrected chi connectivity index (χ3v) is 6.05. The fourth-order valence-corrected chi connectivity index (χ4v) is 4.60. The Morgan fingerprint density at radius 2 is 1.96 bits per heavy atom. The van der Waals surface area contributed by atoms with E-state index in [2.05, 4.69) is 5.32 Å². The average molecular weight is 408 g/mol. The molecular formula is C18H14ClNO4S2. The molecule has 0 aliphatic rings. The van der Waals surface area contributed by atoms with Crippen LogP contribution >= 0.6 is 34.3 Å². The van der Waals surface area contributed by atoms with E-state index < -0.39 is 11.8 Å². The third kappa shape index (κ3) is 3.80. The largest absolute Gasteiger partial charge is 0.466 e. The van der Waals surface area contributed by atoms with Crippen molar-refractivity contribution in [1.29, 1.82) is 0 Å². The molecule has 0 atom stereocenters. The number of amides is 1. The van der Waals surface area contributed by atoms with Crippen molar-refractivity contribution in [2.45, 2.75) is 13.3 Å². The summed E-state index contributed by atoms with van der Waals surface area (Å²) in [7, 11) is 0. The lowest BCUT2D eigenvalue weighted by molar-refractivity contribution is -0.141. The predicted octanol–water partition coefficient (Wildman–Crippen LogP) is 5.00. The van der Waals surface area contributed by atoms with Crippen LogP contribution < -0.4 is 5.32 Å². The SMILES string of the molecule is CCOC(=O)CC(=O)c1ccsc1NC(=O)c1sc2ccccc2c1Cl. The number of Topliss-reactive ketones (excluding diaryl/α,β-unsaturated/α-hetero) is 1. The molecule has 0 bridgehead atoms. The van der Waals surface area contributed by atoms with Crippen LogP contribution in [0.4, 0.5) is 5.00 Å². The van der Waals surface area contributed by atoms with Crippen LogP contribution in [0, 0.1) is 0 Å². The number of ketones is 1. The van der Waals surface area contributed by atoms with Gasteiger partial charge in [-0.2, -0.15) is 0 Å². The van der Waals surface area contributed by atoms with E-state index >= 15 is 0 Å². The van der Waals surface area contributed by atoms with Gasteiger partial charge in [0.15, 0.2) is 5.78 Å². The number of fused-ring (bicyclic) bond motifs is 1. The zero-order valence-corrected chi connectivity index (χ0v) is 16.1. The van der Waals surface area contributed by atoms with E-state index in [1.165, 1.54) is 22.7 Å². The molecule has 1 N–H and O–H groups in total. The quantitative estimate of drug-likeness (QED) is 0.354. The summed E-state index contributed by atoms with van der Waals surface area (Å²) >= 11 is 8.82. The molecule has 134 valence electrons. The number of hydrogen-bond acceptors (Lipinski definition) is 6. The Kier molecular flexibility index (Phi) is 5.70. The van der Waals surface area contributed by atoms with Crippen LogP contribution in [0.5, 0.6) is 0 Å². The number of ether oxygens (including phenoxy) is 1. The van der Waals surface area contributed by atoms with Gasteiger partial charge in [0.2, 0.25) is 0 Å². The minimum Gasteiger partial charge on any atom is -0.466 e. The van der Waals surface area contributed by atoms with Crippen LogP contribution in [0.15, 0.2) is 35.7 Å². The molecule has 26 heavy (non-hydrogen) atoms. The predicted molar refractivity (Wildman–Crippen MR) is 105 cm³/mol. The minimum absolute atomic E-state index is 0.212. The number of rotatable bonds is 6. The van der Waals surface area contributed by atoms with Crippen molar-refractivity contribution < 1.29 is 19.1 Å². The van der Waals surface area contributed by atoms with Crippen molar-refractivity contribution in [2.24, 2.45) is 0 Å². The highest BCUT2D eigenvalue weighted by Gasteiger charge is 2.21. The second-order valence-electron chi connectivity index (χ2n) is 5.26. The molecule has 0 aliphatic carbocycles. The summed E-state index contributed by atoms with van der Waals surface area (Å²) in [5, 5.41) is 6.00. The molecule has 1 aromatic carbocycles. The van der Waals surface area contributed by atoms with E-state index in [1.54, 1.807) is 18.4 Å². The fraction of sp³-hybridized carbons (Fsp3) is 0.167. The lowest BCUT2D eigenvalue weighted by Crippen LogP contribution is -2.15. The molecule has 3 rings (SSSR count). The molecule has 5 nitrogen and oxygen atoms in total. The topological polar surface area (TPSA) is 72.5 Å². The molecular weight excluding hydrogens is 394 g/mol. The molecule has 0 radical (unpaired) electrons. The van der Waals surface area contributed by atoms with Crippen molar-refractivity contribution in [3.63, 3.8) is 0 Å². The lowest BCUT2D eigenvalue weighted by Gasteiger charge is -2.05. The van der Waals surface area contributed by atoms with E-state index in [0.717, 1.165) is 10.1 Å². The van der Waals surface area contributed by atoms with Crippen LogP contribution in [-0.4, -0.2) is 24.3 Å². The minimum atomic E-state index is -0.589. The van der Waals surface area contributed by atoms with Gasteiger partial charge in [-0.1, -0.05) is 29.8 Å². The van der Waals surface area contributed by atoms with Crippen LogP contribution in [0.3, 0.4) is 0 Å². The smallest absolute Gasteiger partial charge is 0.313 e. The highest BCUT2D eigenvalue weighted by molar-refractivity contribution is 7.22. The van der Waals surface area contributed by atoms with E-state index in [9.17, 15) is 14.4 Å². The molecule has 0 fully saturated rings. The molecule has 0 spiro atoms. The van der Waals surface area contributed by atoms with Gasteiger partial charge >= 0.3 is 5.97 Å². The van der Waals surface area contributed by atoms with Gasteiger partial charge in [-0.3, -0.25) is 14.4 Å². The maximum absolute atomic E-state index is 12.6. The van der Waals surface area contributed by atoms with Gasteiger partial charge in [-0.25, -0.2) is 0 Å². The Morgan fingerprint density at radius 1 is 1.19 bits per heavy atom. The average Bonchev–Trinajstić information content (AvgIpc) is 3.20. The lowest BCUT2D eigenvalue weighted by atomic mass is 10.1. The summed E-state index contributed by atoms with van der Waals surface area (Å²) in [5.74, 6) is -1.38. The number of hydrogen-bond donors (Lipinski definition) is 1. The van der Waals surface area contributed by atoms with Crippen molar-refractivity contribution in [3.05, 3.63) is 51.2 Å². The standard InChI is InChI=1S/C18H14ClNO4S2/c1-2-24-14(22)9-12(21)10-7-8-25-18(10)20-17(23)16-15(19)11-5-3-4-6-13(11)26-16/h3-8H,2,9H2,1H3,(H,20,23). The van der Waals surface area contributed by atoms with E-state index in [0.29, 0.717) is 14.9 Å². The zero-order chi connectivity index (χ0) is 18.7. The Balaban J connectivity index is 1.80. The van der Waals surface area contributed by atoms with E-state index in [4.69, 9.17) is 16.3 Å². The van der Waals surface area contributed by atoms with Crippen molar-refractivity contribution in [2.75, 3.05) is 11.9 Å². The van der Waals surface area contributed by atoms with Crippen LogP contribution in [0.1, 0.15) is 33.4 Å². The molecule has 0 unspecified atom stereocenters. The van der Waals surface area contributed by atoms with Gasteiger partial charge in [0.1, 0.15) is 16.3 Å². The number of esters is 1. The molecule has 8 heteroatoms. The van der Waals surface area contributed by atoms with Crippen molar-refractivity contribution in [3.8, 4) is 0 Å². The summed E-state index contributed by atoms with van der Waals surface area (Å²) < 4.78 is 5.70. The highest BCUT2D eigenvalue weighted by Crippen LogP contribution is 2.36. The first kappa shape index (κ1) is 18.6. The number of carbonyl (C=O) groups is 3. The molecule has 2 heterocycles. The number of benzene rings is 1. The Hall–Kier alpha value is -2.22. The normalized spacial score (nSPS) is 10.7. The molecule has 2 aromatic heterocycles. The number of nitrogens with one attached hydrogen (secondary N) is 1. The summed E-state index contributed by atoms with van der Waals surface area (Å²) in [4.78, 5) is 36.8. The summed E-state index contributed by atoms with van der Waals surface area (Å²) in [6.45, 7) is 1.89. The summed E-state index contributed by atoms with van der Waals surface area (Å²) in [6, 6.07) is 9.05. The second-order valence-corrected chi connectivity index (χ2v) is 7.61. The summed E-state index contributed by atoms with van der Waals surface area (Å²) in [6.07, 6.45) is -0.364. The Labute approximate surface area is 162 Å². The van der Waals surface area contributed by atoms with E-state index in [1.807, 2.05) is 24.3 Å². The third-order valence-electron chi connectivity index (χ3n) is 3.54. The number of anilines is 1. The fourth-order valence-electron chi connectivity index (χ4n) is 2.38. The summed E-state index contributed by atoms with van der Waals surface area (Å²) in [5.41, 5.74) is 0.286. The zero-order valence-electron chi connectivity index (χ0n) is 13.7. The van der Waals surface area contributed by atoms with Crippen molar-refractivity contribution >= 4 is 67.0 Å². The first-order valence-electron chi connectivity index (χ1n) is 7.76. The number of thiophene rings is 2. The van der Waals surface area contributed by atoms with Gasteiger partial charge in [-0.05, 0) is 24.4 Å². The van der Waals surface area contributed by atoms with Gasteiger partial charge < -0.3 is 10.1 Å². The highest BCUT2D eigenvalue weighted by atomic mass is 35.5. The maximum Gasteiger partial charge on any atom is 0.313 e. The molecule has 0 aliphatic heterocycles. The molecule has 0 saturated heterocycles. The second kappa shape index (κ2) is 7.99. The maximum atomic E-state index is 12.6. The van der Waals surface area contributed by atoms with Gasteiger partial charge in [-0.15, -0.1) is 22.7 Å².